The summed E-state index contributed by atoms with van der Waals surface area (Å²) in [5.41, 5.74) is 9.91. The van der Waals surface area contributed by atoms with E-state index in [0.29, 0.717) is 0 Å². The predicted octanol–water partition coefficient (Wildman–Crippen LogP) is 8.59. The molecule has 4 aromatic heterocycles. The zero-order valence-corrected chi connectivity index (χ0v) is 25.5. The first kappa shape index (κ1) is 28.4. The third-order valence-corrected chi connectivity index (χ3v) is 9.08. The van der Waals surface area contributed by atoms with Crippen molar-refractivity contribution < 1.29 is 4.39 Å². The van der Waals surface area contributed by atoms with Gasteiger partial charge in [0, 0.05) is 40.5 Å². The van der Waals surface area contributed by atoms with Crippen LogP contribution >= 0.6 is 0 Å². The topological polar surface area (TPSA) is 73.5 Å². The lowest BCUT2D eigenvalue weighted by atomic mass is 9.85. The van der Waals surface area contributed by atoms with E-state index in [1.54, 1.807) is 12.1 Å². The Morgan fingerprint density at radius 2 is 1.64 bits per heavy atom. The molecule has 0 amide bonds. The van der Waals surface area contributed by atoms with Crippen LogP contribution < -0.4 is 0 Å². The Hall–Kier alpha value is -4.36. The highest BCUT2D eigenvalue weighted by Crippen LogP contribution is 2.36. The fourth-order valence-electron chi connectivity index (χ4n) is 6.84. The average molecular weight is 587 g/mol. The van der Waals surface area contributed by atoms with Crippen LogP contribution in [0.2, 0.25) is 0 Å². The molecule has 2 aromatic carbocycles. The molecular weight excluding hydrogens is 547 g/mol. The highest BCUT2D eigenvalue weighted by molar-refractivity contribution is 6.01. The molecular formula is C37H39FN6. The Morgan fingerprint density at radius 1 is 0.795 bits per heavy atom. The molecule has 1 aliphatic carbocycles. The van der Waals surface area contributed by atoms with Crippen molar-refractivity contribution in [1.29, 1.82) is 0 Å². The summed E-state index contributed by atoms with van der Waals surface area (Å²) in [5.74, 6) is 0.547. The third kappa shape index (κ3) is 6.02. The monoisotopic (exact) mass is 586 g/mol. The summed E-state index contributed by atoms with van der Waals surface area (Å²) < 4.78 is 14.8. The van der Waals surface area contributed by atoms with Gasteiger partial charge in [-0.05, 0) is 104 Å². The van der Waals surface area contributed by atoms with Crippen LogP contribution in [0.1, 0.15) is 49.7 Å². The first-order chi connectivity index (χ1) is 21.5. The number of benzene rings is 2. The number of aromatic nitrogens is 5. The van der Waals surface area contributed by atoms with E-state index in [2.05, 4.69) is 75.4 Å². The van der Waals surface area contributed by atoms with Crippen molar-refractivity contribution >= 4 is 21.8 Å². The van der Waals surface area contributed by atoms with Crippen LogP contribution in [0, 0.1) is 11.7 Å². The molecule has 1 aliphatic rings. The summed E-state index contributed by atoms with van der Waals surface area (Å²) in [5, 5.41) is 9.95. The molecule has 0 spiro atoms. The van der Waals surface area contributed by atoms with Crippen molar-refractivity contribution in [2.75, 3.05) is 20.6 Å². The smallest absolute Gasteiger partial charge is 0.124 e. The largest absolute Gasteiger partial charge is 0.352 e. The van der Waals surface area contributed by atoms with Gasteiger partial charge in [-0.1, -0.05) is 44.2 Å². The van der Waals surface area contributed by atoms with E-state index in [4.69, 9.17) is 5.10 Å². The maximum atomic E-state index is 14.8. The van der Waals surface area contributed by atoms with Gasteiger partial charge in [-0.2, -0.15) is 5.10 Å². The van der Waals surface area contributed by atoms with E-state index in [1.807, 2.05) is 24.8 Å². The van der Waals surface area contributed by atoms with Crippen molar-refractivity contribution in [3.63, 3.8) is 0 Å². The number of fused-ring (bicyclic) bond motifs is 2. The molecule has 44 heavy (non-hydrogen) atoms. The third-order valence-electron chi connectivity index (χ3n) is 9.08. The molecule has 0 unspecified atom stereocenters. The highest BCUT2D eigenvalue weighted by atomic mass is 19.1. The lowest BCUT2D eigenvalue weighted by molar-refractivity contribution is 0.356. The minimum atomic E-state index is -0.224. The van der Waals surface area contributed by atoms with Crippen LogP contribution in [0.25, 0.3) is 55.4 Å². The zero-order chi connectivity index (χ0) is 30.0. The first-order valence-electron chi connectivity index (χ1n) is 15.8. The van der Waals surface area contributed by atoms with Gasteiger partial charge in [0.1, 0.15) is 11.5 Å². The van der Waals surface area contributed by atoms with Crippen LogP contribution in [0.15, 0.2) is 73.3 Å². The standard InChI is InChI=1S/C37H39FN6/c1-44(2)12-6-9-25-14-28(17-30(38)16-25)33-22-40-23-36-31(33)19-35(41-36)37-32-18-27(10-11-34(32)42-43-37)29-15-26(20-39-21-29)13-24-7-4-3-5-8-24/h10-11,14-24,41H,3-9,12-13H2,1-2H3,(H,42,43). The highest BCUT2D eigenvalue weighted by Gasteiger charge is 2.17. The quantitative estimate of drug-likeness (QED) is 0.178. The summed E-state index contributed by atoms with van der Waals surface area (Å²) in [6.07, 6.45) is 17.3. The Kier molecular flexibility index (Phi) is 7.96. The number of H-pyrrole nitrogens is 2. The van der Waals surface area contributed by atoms with Crippen molar-refractivity contribution in [1.82, 2.24) is 30.0 Å². The molecule has 6 aromatic rings. The lowest BCUT2D eigenvalue weighted by Gasteiger charge is -2.21. The number of aromatic amines is 2. The predicted molar refractivity (Wildman–Crippen MR) is 177 cm³/mol. The second-order valence-corrected chi connectivity index (χ2v) is 12.7. The van der Waals surface area contributed by atoms with Crippen LogP contribution in [0.3, 0.4) is 0 Å². The average Bonchev–Trinajstić information content (AvgIpc) is 3.65. The molecule has 6 nitrogen and oxygen atoms in total. The SMILES string of the molecule is CN(C)CCCc1cc(F)cc(-c2cncc3[nH]c(-c4n[nH]c5ccc(-c6cncc(CC7CCCCC7)c6)cc45)cc23)c1. The molecule has 7 rings (SSSR count). The van der Waals surface area contributed by atoms with Gasteiger partial charge in [-0.15, -0.1) is 0 Å². The Bertz CT molecular complexity index is 1910. The van der Waals surface area contributed by atoms with E-state index >= 15 is 0 Å². The molecule has 4 heterocycles. The van der Waals surface area contributed by atoms with Crippen LogP contribution in [-0.4, -0.2) is 50.7 Å². The number of nitrogens with zero attached hydrogens (tertiary/aromatic N) is 4. The summed E-state index contributed by atoms with van der Waals surface area (Å²) in [4.78, 5) is 14.8. The molecule has 1 saturated carbocycles. The second-order valence-electron chi connectivity index (χ2n) is 12.7. The lowest BCUT2D eigenvalue weighted by Crippen LogP contribution is -2.13. The maximum absolute atomic E-state index is 14.8. The Morgan fingerprint density at radius 3 is 2.50 bits per heavy atom. The van der Waals surface area contributed by atoms with E-state index < -0.39 is 0 Å². The fraction of sp³-hybridized carbons (Fsp3) is 0.324. The Balaban J connectivity index is 1.21. The van der Waals surface area contributed by atoms with Crippen molar-refractivity contribution in [3.8, 4) is 33.6 Å². The van der Waals surface area contributed by atoms with E-state index in [9.17, 15) is 4.39 Å². The normalized spacial score (nSPS) is 14.3. The van der Waals surface area contributed by atoms with Crippen molar-refractivity contribution in [2.45, 2.75) is 51.4 Å². The molecule has 7 heteroatoms. The molecule has 224 valence electrons. The van der Waals surface area contributed by atoms with Gasteiger partial charge in [0.05, 0.1) is 22.9 Å². The summed E-state index contributed by atoms with van der Waals surface area (Å²) in [6.45, 7) is 0.964. The van der Waals surface area contributed by atoms with Gasteiger partial charge in [0.25, 0.3) is 0 Å². The minimum absolute atomic E-state index is 0.224. The maximum Gasteiger partial charge on any atom is 0.124 e. The number of halogens is 1. The molecule has 0 aliphatic heterocycles. The van der Waals surface area contributed by atoms with Crippen LogP contribution in [0.5, 0.6) is 0 Å². The summed E-state index contributed by atoms with van der Waals surface area (Å²) in [7, 11) is 4.12. The molecule has 1 fully saturated rings. The fourth-order valence-corrected chi connectivity index (χ4v) is 6.84. The molecule has 0 atom stereocenters. The molecule has 2 N–H and O–H groups in total. The van der Waals surface area contributed by atoms with Crippen molar-refractivity contribution in [3.05, 3.63) is 90.3 Å². The van der Waals surface area contributed by atoms with Crippen LogP contribution in [-0.2, 0) is 12.8 Å². The number of aryl methyl sites for hydroxylation is 1. The number of pyridine rings is 2. The minimum Gasteiger partial charge on any atom is -0.352 e. The van der Waals surface area contributed by atoms with E-state index in [1.165, 1.54) is 37.7 Å². The summed E-state index contributed by atoms with van der Waals surface area (Å²) >= 11 is 0. The first-order valence-corrected chi connectivity index (χ1v) is 15.8. The number of rotatable bonds is 9. The molecule has 0 saturated heterocycles. The van der Waals surface area contributed by atoms with E-state index in [-0.39, 0.29) is 5.82 Å². The van der Waals surface area contributed by atoms with Gasteiger partial charge in [0.15, 0.2) is 0 Å². The second kappa shape index (κ2) is 12.3. The number of hydrogen-bond acceptors (Lipinski definition) is 4. The van der Waals surface area contributed by atoms with Gasteiger partial charge in [0.2, 0.25) is 0 Å². The molecule has 0 bridgehead atoms. The zero-order valence-electron chi connectivity index (χ0n) is 25.5. The number of hydrogen-bond donors (Lipinski definition) is 2. The number of nitrogens with one attached hydrogen (secondary N) is 2. The Labute approximate surface area is 257 Å². The van der Waals surface area contributed by atoms with Gasteiger partial charge in [-0.3, -0.25) is 15.1 Å². The van der Waals surface area contributed by atoms with Gasteiger partial charge >= 0.3 is 0 Å². The summed E-state index contributed by atoms with van der Waals surface area (Å²) in [6, 6.07) is 16.2. The molecule has 0 radical (unpaired) electrons. The van der Waals surface area contributed by atoms with Gasteiger partial charge in [-0.25, -0.2) is 4.39 Å². The van der Waals surface area contributed by atoms with Gasteiger partial charge < -0.3 is 9.88 Å². The van der Waals surface area contributed by atoms with Crippen LogP contribution in [0.4, 0.5) is 4.39 Å². The van der Waals surface area contributed by atoms with E-state index in [0.717, 1.165) is 92.7 Å². The van der Waals surface area contributed by atoms with Crippen molar-refractivity contribution in [2.24, 2.45) is 5.92 Å².